The molecule has 1 heterocycles. The molecule has 19 heavy (non-hydrogen) atoms. The summed E-state index contributed by atoms with van der Waals surface area (Å²) in [6.07, 6.45) is 3.83. The van der Waals surface area contributed by atoms with Crippen molar-refractivity contribution < 1.29 is 14.3 Å². The summed E-state index contributed by atoms with van der Waals surface area (Å²) in [4.78, 5) is 26.7. The third-order valence-corrected chi connectivity index (χ3v) is 2.42. The van der Waals surface area contributed by atoms with Gasteiger partial charge < -0.3 is 19.4 Å². The lowest BCUT2D eigenvalue weighted by Crippen LogP contribution is -2.36. The number of rotatable bonds is 5. The summed E-state index contributed by atoms with van der Waals surface area (Å²) < 4.78 is 7.06. The fourth-order valence-corrected chi connectivity index (χ4v) is 1.67. The van der Waals surface area contributed by atoms with Gasteiger partial charge in [0.2, 0.25) is 0 Å². The van der Waals surface area contributed by atoms with Crippen LogP contribution in [0.4, 0.5) is 4.79 Å². The van der Waals surface area contributed by atoms with Crippen LogP contribution >= 0.6 is 0 Å². The molecule has 0 aromatic carbocycles. The van der Waals surface area contributed by atoms with Crippen LogP contribution in [-0.4, -0.2) is 27.5 Å². The van der Waals surface area contributed by atoms with Gasteiger partial charge in [0.25, 0.3) is 0 Å². The molecule has 6 heteroatoms. The van der Waals surface area contributed by atoms with Crippen LogP contribution in [0, 0.1) is 0 Å². The van der Waals surface area contributed by atoms with Crippen LogP contribution < -0.4 is 5.32 Å². The number of alkyl carbamates (subject to hydrolysis) is 1. The molecule has 1 aromatic rings. The smallest absolute Gasteiger partial charge is 0.408 e. The van der Waals surface area contributed by atoms with E-state index in [2.05, 4.69) is 10.3 Å². The van der Waals surface area contributed by atoms with Crippen LogP contribution in [0.2, 0.25) is 0 Å². The van der Waals surface area contributed by atoms with E-state index in [9.17, 15) is 9.59 Å². The first-order valence-electron chi connectivity index (χ1n) is 6.31. The second kappa shape index (κ2) is 6.36. The second-order valence-corrected chi connectivity index (χ2v) is 5.17. The van der Waals surface area contributed by atoms with Gasteiger partial charge in [0.15, 0.2) is 0 Å². The van der Waals surface area contributed by atoms with Crippen molar-refractivity contribution in [2.45, 2.75) is 52.3 Å². The Morgan fingerprint density at radius 2 is 2.26 bits per heavy atom. The first-order valence-corrected chi connectivity index (χ1v) is 6.31. The number of aromatic nitrogens is 2. The topological polar surface area (TPSA) is 73.2 Å². The highest BCUT2D eigenvalue weighted by molar-refractivity contribution is 5.69. The van der Waals surface area contributed by atoms with Gasteiger partial charge in [-0.15, -0.1) is 0 Å². The number of nitrogens with zero attached hydrogens (tertiary/aromatic N) is 2. The molecule has 0 bridgehead atoms. The van der Waals surface area contributed by atoms with Crippen molar-refractivity contribution in [1.82, 2.24) is 14.9 Å². The van der Waals surface area contributed by atoms with E-state index in [0.29, 0.717) is 5.82 Å². The Kier molecular flexibility index (Phi) is 5.09. The average molecular weight is 267 g/mol. The molecular weight excluding hydrogens is 246 g/mol. The largest absolute Gasteiger partial charge is 0.444 e. The maximum absolute atomic E-state index is 11.8. The third kappa shape index (κ3) is 4.73. The van der Waals surface area contributed by atoms with Crippen molar-refractivity contribution >= 4 is 12.4 Å². The molecule has 0 saturated heterocycles. The standard InChI is InChI=1S/C13H21N3O3/c1-5-16-8-7-14-11(16)10(6-9-17)15-12(18)19-13(2,3)4/h7-10H,5-6H2,1-4H3,(H,15,18)/t10-/m0/s1. The number of carbonyl (C=O) groups excluding carboxylic acids is 2. The van der Waals surface area contributed by atoms with E-state index in [0.717, 1.165) is 12.8 Å². The lowest BCUT2D eigenvalue weighted by molar-refractivity contribution is -0.108. The molecule has 6 nitrogen and oxygen atoms in total. The number of hydrogen-bond donors (Lipinski definition) is 1. The van der Waals surface area contributed by atoms with E-state index in [1.807, 2.05) is 17.7 Å². The van der Waals surface area contributed by atoms with E-state index >= 15 is 0 Å². The fraction of sp³-hybridized carbons (Fsp3) is 0.615. The Bertz CT molecular complexity index is 435. The molecular formula is C13H21N3O3. The molecule has 0 fully saturated rings. The lowest BCUT2D eigenvalue weighted by Gasteiger charge is -2.23. The Labute approximate surface area is 113 Å². The van der Waals surface area contributed by atoms with Gasteiger partial charge in [0.05, 0.1) is 6.04 Å². The molecule has 0 spiro atoms. The summed E-state index contributed by atoms with van der Waals surface area (Å²) in [5.41, 5.74) is -0.573. The molecule has 0 aliphatic carbocycles. The van der Waals surface area contributed by atoms with Crippen LogP contribution in [0.15, 0.2) is 12.4 Å². The Morgan fingerprint density at radius 3 is 2.79 bits per heavy atom. The zero-order valence-electron chi connectivity index (χ0n) is 11.8. The quantitative estimate of drug-likeness (QED) is 0.829. The van der Waals surface area contributed by atoms with E-state index in [1.54, 1.807) is 27.0 Å². The summed E-state index contributed by atoms with van der Waals surface area (Å²) in [7, 11) is 0. The van der Waals surface area contributed by atoms with Gasteiger partial charge in [0.1, 0.15) is 17.7 Å². The van der Waals surface area contributed by atoms with Crippen molar-refractivity contribution in [3.8, 4) is 0 Å². The van der Waals surface area contributed by atoms with Crippen LogP contribution in [0.25, 0.3) is 0 Å². The first kappa shape index (κ1) is 15.2. The van der Waals surface area contributed by atoms with Crippen LogP contribution in [-0.2, 0) is 16.1 Å². The van der Waals surface area contributed by atoms with E-state index in [1.165, 1.54) is 0 Å². The Hall–Kier alpha value is -1.85. The van der Waals surface area contributed by atoms with E-state index in [4.69, 9.17) is 4.74 Å². The number of carbonyl (C=O) groups is 2. The predicted octanol–water partition coefficient (Wildman–Crippen LogP) is 2.06. The van der Waals surface area contributed by atoms with Gasteiger partial charge in [0, 0.05) is 25.4 Å². The maximum Gasteiger partial charge on any atom is 0.408 e. The fourth-order valence-electron chi connectivity index (χ4n) is 1.67. The lowest BCUT2D eigenvalue weighted by atomic mass is 10.2. The molecule has 0 aliphatic rings. The number of amides is 1. The average Bonchev–Trinajstić information content (AvgIpc) is 2.73. The van der Waals surface area contributed by atoms with Crippen LogP contribution in [0.5, 0.6) is 0 Å². The van der Waals surface area contributed by atoms with Crippen molar-refractivity contribution in [3.05, 3.63) is 18.2 Å². The normalized spacial score (nSPS) is 12.8. The van der Waals surface area contributed by atoms with Crippen molar-refractivity contribution in [1.29, 1.82) is 0 Å². The molecule has 1 atom stereocenters. The summed E-state index contributed by atoms with van der Waals surface area (Å²) in [5, 5.41) is 2.68. The minimum atomic E-state index is -0.573. The highest BCUT2D eigenvalue weighted by Gasteiger charge is 2.22. The summed E-state index contributed by atoms with van der Waals surface area (Å²) in [6.45, 7) is 8.05. The first-order chi connectivity index (χ1) is 8.87. The number of nitrogens with one attached hydrogen (secondary N) is 1. The molecule has 1 aromatic heterocycles. The zero-order chi connectivity index (χ0) is 14.5. The van der Waals surface area contributed by atoms with Gasteiger partial charge in [-0.25, -0.2) is 9.78 Å². The molecule has 1 amide bonds. The molecule has 0 unspecified atom stereocenters. The molecule has 1 N–H and O–H groups in total. The maximum atomic E-state index is 11.8. The SMILES string of the molecule is CCn1ccnc1[C@H](CC=O)NC(=O)OC(C)(C)C. The summed E-state index contributed by atoms with van der Waals surface area (Å²) in [5.74, 6) is 0.653. The number of aryl methyl sites for hydroxylation is 1. The van der Waals surface area contributed by atoms with Crippen molar-refractivity contribution in [2.75, 3.05) is 0 Å². The van der Waals surface area contributed by atoms with Crippen LogP contribution in [0.3, 0.4) is 0 Å². The minimum Gasteiger partial charge on any atom is -0.444 e. The van der Waals surface area contributed by atoms with E-state index < -0.39 is 17.7 Å². The monoisotopic (exact) mass is 267 g/mol. The molecule has 1 rings (SSSR count). The van der Waals surface area contributed by atoms with Gasteiger partial charge in [-0.05, 0) is 27.7 Å². The Balaban J connectivity index is 2.79. The minimum absolute atomic E-state index is 0.163. The van der Waals surface area contributed by atoms with Gasteiger partial charge in [-0.1, -0.05) is 0 Å². The number of hydrogen-bond acceptors (Lipinski definition) is 4. The number of ether oxygens (including phenoxy) is 1. The highest BCUT2D eigenvalue weighted by Crippen LogP contribution is 2.15. The Morgan fingerprint density at radius 1 is 1.58 bits per heavy atom. The predicted molar refractivity (Wildman–Crippen MR) is 70.7 cm³/mol. The molecule has 0 aliphatic heterocycles. The molecule has 0 radical (unpaired) electrons. The highest BCUT2D eigenvalue weighted by atomic mass is 16.6. The third-order valence-electron chi connectivity index (χ3n) is 2.42. The van der Waals surface area contributed by atoms with Gasteiger partial charge >= 0.3 is 6.09 Å². The molecule has 0 saturated carbocycles. The number of imidazole rings is 1. The van der Waals surface area contributed by atoms with Gasteiger partial charge in [-0.2, -0.15) is 0 Å². The van der Waals surface area contributed by atoms with Crippen LogP contribution in [0.1, 0.15) is 46.0 Å². The zero-order valence-corrected chi connectivity index (χ0v) is 11.8. The van der Waals surface area contributed by atoms with Crippen molar-refractivity contribution in [3.63, 3.8) is 0 Å². The van der Waals surface area contributed by atoms with E-state index in [-0.39, 0.29) is 6.42 Å². The van der Waals surface area contributed by atoms with Crippen molar-refractivity contribution in [2.24, 2.45) is 0 Å². The molecule has 106 valence electrons. The summed E-state index contributed by atoms with van der Waals surface area (Å²) in [6, 6.07) is -0.470. The summed E-state index contributed by atoms with van der Waals surface area (Å²) >= 11 is 0. The number of aldehydes is 1. The van der Waals surface area contributed by atoms with Gasteiger partial charge in [-0.3, -0.25) is 0 Å². The second-order valence-electron chi connectivity index (χ2n) is 5.17.